The van der Waals surface area contributed by atoms with Crippen molar-refractivity contribution >= 4 is 21.8 Å². The zero-order valence-electron chi connectivity index (χ0n) is 25.4. The lowest BCUT2D eigenvalue weighted by atomic mass is 9.83. The third-order valence-electron chi connectivity index (χ3n) is 7.86. The minimum atomic E-state index is -4.00. The number of carbonyl (C=O) groups excluding carboxylic acids is 2. The second-order valence-corrected chi connectivity index (χ2v) is 13.1. The molecule has 3 atom stereocenters. The fraction of sp³-hybridized carbons (Fsp3) is 0.371. The Bertz CT molecular complexity index is 1560. The summed E-state index contributed by atoms with van der Waals surface area (Å²) in [5.41, 5.74) is 2.78. The second-order valence-electron chi connectivity index (χ2n) is 11.0. The molecule has 234 valence electrons. The molecule has 1 fully saturated rings. The Morgan fingerprint density at radius 1 is 1.00 bits per heavy atom. The predicted molar refractivity (Wildman–Crippen MR) is 168 cm³/mol. The first-order valence-corrected chi connectivity index (χ1v) is 16.5. The fourth-order valence-corrected chi connectivity index (χ4v) is 7.15. The van der Waals surface area contributed by atoms with Crippen molar-refractivity contribution in [1.29, 1.82) is 0 Å². The first-order valence-electron chi connectivity index (χ1n) is 14.9. The number of hydrogen-bond donors (Lipinski definition) is 1. The fourth-order valence-electron chi connectivity index (χ4n) is 5.42. The molecule has 1 N–H and O–H groups in total. The Morgan fingerprint density at radius 2 is 1.73 bits per heavy atom. The van der Waals surface area contributed by atoms with Gasteiger partial charge in [-0.25, -0.2) is 13.2 Å². The molecule has 0 spiro atoms. The lowest BCUT2D eigenvalue weighted by Gasteiger charge is -2.27. The van der Waals surface area contributed by atoms with Gasteiger partial charge >= 0.3 is 11.9 Å². The van der Waals surface area contributed by atoms with Crippen LogP contribution in [0.25, 0.3) is 0 Å². The molecule has 1 aliphatic rings. The number of carbonyl (C=O) groups is 2. The maximum absolute atomic E-state index is 13.9. The van der Waals surface area contributed by atoms with Crippen molar-refractivity contribution < 1.29 is 37.3 Å². The molecule has 0 bridgehead atoms. The average Bonchev–Trinajstić information content (AvgIpc) is 3.03. The summed E-state index contributed by atoms with van der Waals surface area (Å²) in [7, 11) is -2.54. The van der Waals surface area contributed by atoms with E-state index in [1.54, 1.807) is 79.7 Å². The molecular weight excluding hydrogens is 580 g/mol. The van der Waals surface area contributed by atoms with E-state index in [0.29, 0.717) is 36.1 Å². The summed E-state index contributed by atoms with van der Waals surface area (Å²) in [4.78, 5) is 25.4. The third kappa shape index (κ3) is 8.15. The first kappa shape index (κ1) is 33.0. The smallest absolute Gasteiger partial charge is 0.343 e. The van der Waals surface area contributed by atoms with E-state index in [2.05, 4.69) is 0 Å². The van der Waals surface area contributed by atoms with E-state index in [1.165, 1.54) is 7.11 Å². The number of rotatable bonds is 12. The summed E-state index contributed by atoms with van der Waals surface area (Å²) in [6, 6.07) is 20.2. The molecule has 3 aromatic carbocycles. The van der Waals surface area contributed by atoms with Gasteiger partial charge in [0.15, 0.2) is 21.3 Å². The minimum Gasteiger partial charge on any atom is -0.493 e. The Kier molecular flexibility index (Phi) is 11.4. The topological polar surface area (TPSA) is 116 Å². The Hall–Kier alpha value is -3.95. The molecule has 1 aliphatic carbocycles. The number of aliphatic hydroxyl groups is 1. The normalized spacial score (nSPS) is 17.5. The molecule has 0 aromatic heterocycles. The van der Waals surface area contributed by atoms with Gasteiger partial charge in [0.1, 0.15) is 5.25 Å². The molecule has 4 rings (SSSR count). The van der Waals surface area contributed by atoms with Crippen LogP contribution in [0.2, 0.25) is 0 Å². The average molecular weight is 621 g/mol. The molecule has 0 aliphatic heterocycles. The lowest BCUT2D eigenvalue weighted by Crippen LogP contribution is -2.35. The number of ether oxygens (including phenoxy) is 3. The maximum atomic E-state index is 13.9. The van der Waals surface area contributed by atoms with Gasteiger partial charge in [0.2, 0.25) is 0 Å². The number of methoxy groups -OCH3 is 1. The van der Waals surface area contributed by atoms with Gasteiger partial charge in [-0.2, -0.15) is 0 Å². The Morgan fingerprint density at radius 3 is 2.41 bits per heavy atom. The standard InChI is InChI=1S/C35H40O8S/c1-4-42-35(38)29-13-9-8-12-27(29)23-33(44(39,40)28-18-14-24(2)15-19-28)30(36)20-16-25-17-21-31(32(22-25)41-3)43-34(37)26-10-6-5-7-11-26/h5-7,10-11,14-15,17-19,21-23,29-30,33,36H,4,8-9,12-13,16,20H2,1-3H3/b27-23-. The van der Waals surface area contributed by atoms with Crippen molar-refractivity contribution in [2.75, 3.05) is 13.7 Å². The SMILES string of the molecule is CCOC(=O)C1CCCC/C1=C/C(C(O)CCc1ccc(OC(=O)c2ccccc2)c(OC)c1)S(=O)(=O)c1ccc(C)cc1. The third-order valence-corrected chi connectivity index (χ3v) is 9.96. The molecule has 0 amide bonds. The number of aryl methyl sites for hydroxylation is 2. The van der Waals surface area contributed by atoms with E-state index in [4.69, 9.17) is 14.2 Å². The zero-order valence-corrected chi connectivity index (χ0v) is 26.2. The number of esters is 2. The van der Waals surface area contributed by atoms with Crippen molar-refractivity contribution in [1.82, 2.24) is 0 Å². The van der Waals surface area contributed by atoms with Crippen LogP contribution < -0.4 is 9.47 Å². The summed E-state index contributed by atoms with van der Waals surface area (Å²) in [6.45, 7) is 3.86. The van der Waals surface area contributed by atoms with Gasteiger partial charge in [-0.3, -0.25) is 4.79 Å². The quantitative estimate of drug-likeness (QED) is 0.148. The molecular formula is C35H40O8S. The number of benzene rings is 3. The van der Waals surface area contributed by atoms with E-state index in [0.717, 1.165) is 24.0 Å². The maximum Gasteiger partial charge on any atom is 0.343 e. The summed E-state index contributed by atoms with van der Waals surface area (Å²) in [5.74, 6) is -0.820. The van der Waals surface area contributed by atoms with Crippen LogP contribution in [0.1, 0.15) is 60.5 Å². The summed E-state index contributed by atoms with van der Waals surface area (Å²) in [6.07, 6.45) is 3.60. The minimum absolute atomic E-state index is 0.110. The van der Waals surface area contributed by atoms with Gasteiger partial charge < -0.3 is 19.3 Å². The molecule has 8 nitrogen and oxygen atoms in total. The van der Waals surface area contributed by atoms with Crippen molar-refractivity contribution in [2.24, 2.45) is 5.92 Å². The largest absolute Gasteiger partial charge is 0.493 e. The molecule has 3 unspecified atom stereocenters. The van der Waals surface area contributed by atoms with Gasteiger partial charge in [-0.15, -0.1) is 0 Å². The van der Waals surface area contributed by atoms with Crippen LogP contribution in [-0.2, 0) is 25.8 Å². The van der Waals surface area contributed by atoms with Crippen LogP contribution in [0, 0.1) is 12.8 Å². The molecule has 0 heterocycles. The molecule has 0 radical (unpaired) electrons. The second kappa shape index (κ2) is 15.2. The molecule has 44 heavy (non-hydrogen) atoms. The molecule has 3 aromatic rings. The summed E-state index contributed by atoms with van der Waals surface area (Å²) < 4.78 is 44.2. The van der Waals surface area contributed by atoms with E-state index in [9.17, 15) is 23.1 Å². The number of sulfone groups is 1. The first-order chi connectivity index (χ1) is 21.1. The van der Waals surface area contributed by atoms with Crippen molar-refractivity contribution in [3.8, 4) is 11.5 Å². The monoisotopic (exact) mass is 620 g/mol. The highest BCUT2D eigenvalue weighted by Gasteiger charge is 2.35. The summed E-state index contributed by atoms with van der Waals surface area (Å²) >= 11 is 0. The summed E-state index contributed by atoms with van der Waals surface area (Å²) in [5, 5.41) is 10.2. The van der Waals surface area contributed by atoms with E-state index in [1.807, 2.05) is 13.0 Å². The molecule has 1 saturated carbocycles. The van der Waals surface area contributed by atoms with Gasteiger partial charge in [-0.05, 0) is 87.9 Å². The van der Waals surface area contributed by atoms with Crippen LogP contribution in [0.15, 0.2) is 89.3 Å². The molecule has 9 heteroatoms. The van der Waals surface area contributed by atoms with Gasteiger partial charge in [0.05, 0.1) is 36.2 Å². The Balaban J connectivity index is 1.58. The highest BCUT2D eigenvalue weighted by Crippen LogP contribution is 2.34. The van der Waals surface area contributed by atoms with Crippen LogP contribution in [0.3, 0.4) is 0 Å². The van der Waals surface area contributed by atoms with E-state index in [-0.39, 0.29) is 29.6 Å². The zero-order chi connectivity index (χ0) is 31.7. The van der Waals surface area contributed by atoms with Gasteiger partial charge in [0.25, 0.3) is 0 Å². The molecule has 0 saturated heterocycles. The van der Waals surface area contributed by atoms with Crippen molar-refractivity contribution in [2.45, 2.75) is 68.6 Å². The van der Waals surface area contributed by atoms with Crippen LogP contribution in [0.4, 0.5) is 0 Å². The van der Waals surface area contributed by atoms with Crippen molar-refractivity contribution in [3.63, 3.8) is 0 Å². The van der Waals surface area contributed by atoms with Gasteiger partial charge in [-0.1, -0.05) is 60.0 Å². The Labute approximate surface area is 259 Å². The predicted octanol–water partition coefficient (Wildman–Crippen LogP) is 6.04. The highest BCUT2D eigenvalue weighted by molar-refractivity contribution is 7.92. The van der Waals surface area contributed by atoms with Crippen LogP contribution in [0.5, 0.6) is 11.5 Å². The van der Waals surface area contributed by atoms with Gasteiger partial charge in [0, 0.05) is 0 Å². The highest BCUT2D eigenvalue weighted by atomic mass is 32.2. The van der Waals surface area contributed by atoms with E-state index >= 15 is 0 Å². The van der Waals surface area contributed by atoms with E-state index < -0.39 is 33.1 Å². The van der Waals surface area contributed by atoms with Crippen LogP contribution in [-0.4, -0.2) is 50.5 Å². The number of hydrogen-bond acceptors (Lipinski definition) is 8. The van der Waals surface area contributed by atoms with Crippen molar-refractivity contribution in [3.05, 3.63) is 101 Å². The number of aliphatic hydroxyl groups excluding tert-OH is 1. The van der Waals surface area contributed by atoms with Crippen LogP contribution >= 0.6 is 0 Å². The lowest BCUT2D eigenvalue weighted by molar-refractivity contribution is -0.147.